The van der Waals surface area contributed by atoms with E-state index in [1.165, 1.54) is 19.3 Å². The van der Waals surface area contributed by atoms with Gasteiger partial charge in [-0.25, -0.2) is 9.97 Å². The standard InChI is InChI=1S/C11H16BrN3/c1-11(2)4-3-8(6-11)15-10-5-9(12)13-7-14-10/h5,7-8H,3-4,6H2,1-2H3,(H,13,14,15). The summed E-state index contributed by atoms with van der Waals surface area (Å²) in [6.45, 7) is 4.65. The molecule has 1 unspecified atom stereocenters. The Morgan fingerprint density at radius 2 is 2.27 bits per heavy atom. The van der Waals surface area contributed by atoms with Crippen LogP contribution in [-0.2, 0) is 0 Å². The molecule has 0 spiro atoms. The molecule has 0 aliphatic heterocycles. The van der Waals surface area contributed by atoms with E-state index in [0.717, 1.165) is 10.4 Å². The van der Waals surface area contributed by atoms with E-state index in [9.17, 15) is 0 Å². The van der Waals surface area contributed by atoms with Crippen molar-refractivity contribution in [3.8, 4) is 0 Å². The van der Waals surface area contributed by atoms with Gasteiger partial charge in [0.2, 0.25) is 0 Å². The quantitative estimate of drug-likeness (QED) is 0.838. The van der Waals surface area contributed by atoms with Crippen LogP contribution >= 0.6 is 15.9 Å². The molecule has 4 heteroatoms. The van der Waals surface area contributed by atoms with Gasteiger partial charge < -0.3 is 5.32 Å². The molecule has 0 saturated heterocycles. The largest absolute Gasteiger partial charge is 0.367 e. The Labute approximate surface area is 98.8 Å². The van der Waals surface area contributed by atoms with Crippen molar-refractivity contribution in [3.63, 3.8) is 0 Å². The second-order valence-corrected chi connectivity index (χ2v) is 5.79. The highest BCUT2D eigenvalue weighted by atomic mass is 79.9. The molecule has 3 nitrogen and oxygen atoms in total. The molecule has 1 aromatic heterocycles. The van der Waals surface area contributed by atoms with Crippen LogP contribution in [0.15, 0.2) is 17.0 Å². The summed E-state index contributed by atoms with van der Waals surface area (Å²) >= 11 is 3.34. The molecule has 1 fully saturated rings. The lowest BCUT2D eigenvalue weighted by Gasteiger charge is -2.18. The van der Waals surface area contributed by atoms with Gasteiger partial charge in [-0.1, -0.05) is 13.8 Å². The smallest absolute Gasteiger partial charge is 0.130 e. The maximum absolute atomic E-state index is 4.20. The SMILES string of the molecule is CC1(C)CCC(Nc2cc(Br)ncn2)C1. The van der Waals surface area contributed by atoms with Crippen LogP contribution in [0.5, 0.6) is 0 Å². The van der Waals surface area contributed by atoms with Gasteiger partial charge in [-0.3, -0.25) is 0 Å². The second-order valence-electron chi connectivity index (χ2n) is 4.97. The number of halogens is 1. The van der Waals surface area contributed by atoms with Gasteiger partial charge in [0, 0.05) is 12.1 Å². The number of aromatic nitrogens is 2. The summed E-state index contributed by atoms with van der Waals surface area (Å²) in [5, 5.41) is 3.46. The van der Waals surface area contributed by atoms with E-state index in [0.29, 0.717) is 11.5 Å². The minimum atomic E-state index is 0.474. The maximum atomic E-state index is 4.20. The summed E-state index contributed by atoms with van der Waals surface area (Å²) in [6, 6.07) is 2.48. The molecule has 0 aromatic carbocycles. The number of hydrogen-bond donors (Lipinski definition) is 1. The Morgan fingerprint density at radius 1 is 1.47 bits per heavy atom. The van der Waals surface area contributed by atoms with Crippen LogP contribution in [-0.4, -0.2) is 16.0 Å². The summed E-state index contributed by atoms with van der Waals surface area (Å²) in [6.07, 6.45) is 5.31. The van der Waals surface area contributed by atoms with Crippen LogP contribution in [0.4, 0.5) is 5.82 Å². The number of nitrogens with zero attached hydrogens (tertiary/aromatic N) is 2. The zero-order chi connectivity index (χ0) is 10.9. The predicted octanol–water partition coefficient (Wildman–Crippen LogP) is 3.23. The van der Waals surface area contributed by atoms with E-state index < -0.39 is 0 Å². The Kier molecular flexibility index (Phi) is 2.96. The van der Waals surface area contributed by atoms with Crippen LogP contribution in [0.2, 0.25) is 0 Å². The average Bonchev–Trinajstić information content (AvgIpc) is 2.45. The molecule has 1 aromatic rings. The van der Waals surface area contributed by atoms with E-state index in [1.807, 2.05) is 6.07 Å². The van der Waals surface area contributed by atoms with Crippen molar-refractivity contribution in [2.24, 2.45) is 5.41 Å². The fraction of sp³-hybridized carbons (Fsp3) is 0.636. The van der Waals surface area contributed by atoms with E-state index in [2.05, 4.69) is 45.1 Å². The minimum absolute atomic E-state index is 0.474. The van der Waals surface area contributed by atoms with Gasteiger partial charge in [-0.15, -0.1) is 0 Å². The third-order valence-corrected chi connectivity index (χ3v) is 3.39. The number of anilines is 1. The summed E-state index contributed by atoms with van der Waals surface area (Å²) < 4.78 is 0.831. The first kappa shape index (κ1) is 10.9. The van der Waals surface area contributed by atoms with Crippen molar-refractivity contribution in [2.45, 2.75) is 39.2 Å². The van der Waals surface area contributed by atoms with Crippen LogP contribution < -0.4 is 5.32 Å². The molecule has 1 N–H and O–H groups in total. The monoisotopic (exact) mass is 269 g/mol. The van der Waals surface area contributed by atoms with Crippen molar-refractivity contribution in [2.75, 3.05) is 5.32 Å². The van der Waals surface area contributed by atoms with Crippen LogP contribution in [0.3, 0.4) is 0 Å². The van der Waals surface area contributed by atoms with Gasteiger partial charge in [0.25, 0.3) is 0 Å². The molecule has 1 saturated carbocycles. The fourth-order valence-corrected chi connectivity index (χ4v) is 2.49. The van der Waals surface area contributed by atoms with Crippen LogP contribution in [0, 0.1) is 5.41 Å². The van der Waals surface area contributed by atoms with E-state index in [1.54, 1.807) is 6.33 Å². The first-order valence-corrected chi connectivity index (χ1v) is 6.09. The van der Waals surface area contributed by atoms with Crippen molar-refractivity contribution >= 4 is 21.7 Å². The lowest BCUT2D eigenvalue weighted by atomic mass is 9.92. The Hall–Kier alpha value is -0.640. The molecule has 0 amide bonds. The molecule has 1 heterocycles. The highest BCUT2D eigenvalue weighted by molar-refractivity contribution is 9.10. The molecule has 82 valence electrons. The summed E-state index contributed by atoms with van der Waals surface area (Å²) in [5.41, 5.74) is 0.474. The van der Waals surface area contributed by atoms with Gasteiger partial charge in [0.05, 0.1) is 0 Å². The topological polar surface area (TPSA) is 37.8 Å². The fourth-order valence-electron chi connectivity index (χ4n) is 2.18. The first-order valence-electron chi connectivity index (χ1n) is 5.29. The lowest BCUT2D eigenvalue weighted by molar-refractivity contribution is 0.378. The van der Waals surface area contributed by atoms with Crippen molar-refractivity contribution in [1.29, 1.82) is 0 Å². The number of rotatable bonds is 2. The Morgan fingerprint density at radius 3 is 2.87 bits per heavy atom. The Bertz CT molecular complexity index is 351. The second kappa shape index (κ2) is 4.08. The van der Waals surface area contributed by atoms with E-state index >= 15 is 0 Å². The van der Waals surface area contributed by atoms with Gasteiger partial charge in [-0.2, -0.15) is 0 Å². The van der Waals surface area contributed by atoms with Gasteiger partial charge in [0.1, 0.15) is 16.7 Å². The van der Waals surface area contributed by atoms with Crippen LogP contribution in [0.1, 0.15) is 33.1 Å². The molecule has 1 aliphatic carbocycles. The highest BCUT2D eigenvalue weighted by Crippen LogP contribution is 2.38. The lowest BCUT2D eigenvalue weighted by Crippen LogP contribution is -2.18. The molecule has 15 heavy (non-hydrogen) atoms. The van der Waals surface area contributed by atoms with E-state index in [-0.39, 0.29) is 0 Å². The normalized spacial score (nSPS) is 24.1. The molecular formula is C11H16BrN3. The zero-order valence-corrected chi connectivity index (χ0v) is 10.7. The van der Waals surface area contributed by atoms with Crippen molar-refractivity contribution < 1.29 is 0 Å². The molecule has 0 radical (unpaired) electrons. The third kappa shape index (κ3) is 2.91. The van der Waals surface area contributed by atoms with Gasteiger partial charge >= 0.3 is 0 Å². The molecule has 1 aliphatic rings. The molecule has 1 atom stereocenters. The van der Waals surface area contributed by atoms with Crippen LogP contribution in [0.25, 0.3) is 0 Å². The third-order valence-electron chi connectivity index (χ3n) is 2.95. The van der Waals surface area contributed by atoms with Gasteiger partial charge in [-0.05, 0) is 40.6 Å². The number of hydrogen-bond acceptors (Lipinski definition) is 3. The first-order chi connectivity index (χ1) is 7.05. The highest BCUT2D eigenvalue weighted by Gasteiger charge is 2.30. The van der Waals surface area contributed by atoms with E-state index in [4.69, 9.17) is 0 Å². The minimum Gasteiger partial charge on any atom is -0.367 e. The Balaban J connectivity index is 1.99. The molecular weight excluding hydrogens is 254 g/mol. The summed E-state index contributed by atoms with van der Waals surface area (Å²) in [4.78, 5) is 8.21. The molecule has 2 rings (SSSR count). The average molecular weight is 270 g/mol. The van der Waals surface area contributed by atoms with Crippen molar-refractivity contribution in [1.82, 2.24) is 9.97 Å². The number of nitrogens with one attached hydrogen (secondary N) is 1. The summed E-state index contributed by atoms with van der Waals surface area (Å²) in [5.74, 6) is 0.916. The van der Waals surface area contributed by atoms with Crippen molar-refractivity contribution in [3.05, 3.63) is 17.0 Å². The maximum Gasteiger partial charge on any atom is 0.130 e. The van der Waals surface area contributed by atoms with Gasteiger partial charge in [0.15, 0.2) is 0 Å². The molecule has 0 bridgehead atoms. The predicted molar refractivity (Wildman–Crippen MR) is 64.8 cm³/mol. The zero-order valence-electron chi connectivity index (χ0n) is 9.13. The summed E-state index contributed by atoms with van der Waals surface area (Å²) in [7, 11) is 0.